The Hall–Kier alpha value is -2.06. The summed E-state index contributed by atoms with van der Waals surface area (Å²) in [4.78, 5) is 0. The van der Waals surface area contributed by atoms with E-state index in [4.69, 9.17) is 11.0 Å². The molecule has 2 aromatic rings. The molecule has 96 valence electrons. The first-order valence-electron chi connectivity index (χ1n) is 5.57. The highest BCUT2D eigenvalue weighted by Crippen LogP contribution is 2.27. The molecule has 0 bridgehead atoms. The Kier molecular flexibility index (Phi) is 4.03. The zero-order valence-electron chi connectivity index (χ0n) is 9.95. The van der Waals surface area contributed by atoms with Crippen LogP contribution in [0.3, 0.4) is 0 Å². The minimum atomic E-state index is -0.394. The maximum absolute atomic E-state index is 13.2. The molecule has 0 radical (unpaired) electrons. The van der Waals surface area contributed by atoms with E-state index in [0.717, 1.165) is 5.56 Å². The molecule has 0 aliphatic rings. The van der Waals surface area contributed by atoms with Crippen molar-refractivity contribution in [3.63, 3.8) is 0 Å². The molecule has 3 N–H and O–H groups in total. The van der Waals surface area contributed by atoms with Gasteiger partial charge in [0.15, 0.2) is 0 Å². The van der Waals surface area contributed by atoms with Crippen molar-refractivity contribution in [2.75, 3.05) is 11.1 Å². The molecule has 0 unspecified atom stereocenters. The van der Waals surface area contributed by atoms with Crippen LogP contribution >= 0.6 is 15.9 Å². The second-order valence-corrected chi connectivity index (χ2v) is 4.87. The average molecular weight is 320 g/mol. The Morgan fingerprint density at radius 1 is 1.32 bits per heavy atom. The number of nitrogens with two attached hydrogens (primary N) is 1. The quantitative estimate of drug-likeness (QED) is 0.849. The zero-order chi connectivity index (χ0) is 13.8. The number of hydrogen-bond donors (Lipinski definition) is 2. The lowest BCUT2D eigenvalue weighted by molar-refractivity contribution is 0.622. The molecule has 0 saturated heterocycles. The van der Waals surface area contributed by atoms with Gasteiger partial charge in [-0.05, 0) is 39.7 Å². The third kappa shape index (κ3) is 3.24. The number of nitrogens with one attached hydrogen (secondary N) is 1. The summed E-state index contributed by atoms with van der Waals surface area (Å²) in [5.41, 5.74) is 8.29. The molecule has 0 heterocycles. The van der Waals surface area contributed by atoms with Gasteiger partial charge >= 0.3 is 0 Å². The molecule has 0 aromatic heterocycles. The molecule has 3 nitrogen and oxygen atoms in total. The summed E-state index contributed by atoms with van der Waals surface area (Å²) in [6.07, 6.45) is 0. The number of halogens is 2. The van der Waals surface area contributed by atoms with Crippen molar-refractivity contribution in [3.05, 3.63) is 57.8 Å². The second kappa shape index (κ2) is 5.72. The van der Waals surface area contributed by atoms with E-state index >= 15 is 0 Å². The lowest BCUT2D eigenvalue weighted by atomic mass is 10.1. The molecule has 0 aliphatic carbocycles. The molecular weight excluding hydrogens is 309 g/mol. The molecule has 0 saturated carbocycles. The molecule has 2 rings (SSSR count). The first kappa shape index (κ1) is 13.4. The Morgan fingerprint density at radius 2 is 2.11 bits per heavy atom. The lowest BCUT2D eigenvalue weighted by Crippen LogP contribution is -2.03. The minimum absolute atomic E-state index is 0.345. The van der Waals surface area contributed by atoms with Gasteiger partial charge in [-0.2, -0.15) is 5.26 Å². The molecular formula is C14H11BrFN3. The molecule has 0 amide bonds. The molecule has 0 aliphatic heterocycles. The second-order valence-electron chi connectivity index (χ2n) is 4.02. The minimum Gasteiger partial charge on any atom is -0.397 e. The van der Waals surface area contributed by atoms with E-state index in [1.165, 1.54) is 6.07 Å². The van der Waals surface area contributed by atoms with Crippen LogP contribution in [-0.2, 0) is 6.54 Å². The number of nitrogen functional groups attached to an aromatic ring is 1. The van der Waals surface area contributed by atoms with Gasteiger partial charge in [-0.25, -0.2) is 4.39 Å². The van der Waals surface area contributed by atoms with E-state index in [2.05, 4.69) is 27.3 Å². The van der Waals surface area contributed by atoms with Crippen molar-refractivity contribution in [3.8, 4) is 6.07 Å². The highest BCUT2D eigenvalue weighted by molar-refractivity contribution is 9.10. The van der Waals surface area contributed by atoms with Crippen molar-refractivity contribution in [1.82, 2.24) is 0 Å². The van der Waals surface area contributed by atoms with Crippen molar-refractivity contribution in [2.24, 2.45) is 0 Å². The van der Waals surface area contributed by atoms with E-state index < -0.39 is 5.82 Å². The van der Waals surface area contributed by atoms with E-state index in [1.54, 1.807) is 18.2 Å². The first-order chi connectivity index (χ1) is 9.10. The van der Waals surface area contributed by atoms with Gasteiger partial charge in [0.05, 0.1) is 27.5 Å². The topological polar surface area (TPSA) is 61.8 Å². The van der Waals surface area contributed by atoms with Crippen LogP contribution in [0.4, 0.5) is 15.8 Å². The van der Waals surface area contributed by atoms with Crippen LogP contribution in [0.15, 0.2) is 40.9 Å². The molecule has 0 fully saturated rings. The summed E-state index contributed by atoms with van der Waals surface area (Å²) in [5.74, 6) is -0.394. The SMILES string of the molecule is N#Cc1cccc(CNc2cc(Br)c(F)cc2N)c1. The van der Waals surface area contributed by atoms with Crippen molar-refractivity contribution < 1.29 is 4.39 Å². The van der Waals surface area contributed by atoms with E-state index in [-0.39, 0.29) is 0 Å². The van der Waals surface area contributed by atoms with Crippen molar-refractivity contribution >= 4 is 27.3 Å². The fourth-order valence-electron chi connectivity index (χ4n) is 1.66. The van der Waals surface area contributed by atoms with E-state index in [1.807, 2.05) is 12.1 Å². The zero-order valence-corrected chi connectivity index (χ0v) is 11.5. The maximum Gasteiger partial charge on any atom is 0.139 e. The van der Waals surface area contributed by atoms with Gasteiger partial charge in [0.1, 0.15) is 5.82 Å². The standard InChI is InChI=1S/C14H11BrFN3/c15-11-5-14(13(18)6-12(11)16)19-8-10-3-1-2-9(4-10)7-17/h1-6,19H,8,18H2. The van der Waals surface area contributed by atoms with Gasteiger partial charge in [0, 0.05) is 12.6 Å². The average Bonchev–Trinajstić information content (AvgIpc) is 2.41. The Balaban J connectivity index is 2.14. The third-order valence-electron chi connectivity index (χ3n) is 2.63. The molecule has 0 spiro atoms. The van der Waals surface area contributed by atoms with Crippen LogP contribution in [0.1, 0.15) is 11.1 Å². The summed E-state index contributed by atoms with van der Waals surface area (Å²) in [6, 6.07) is 12.2. The van der Waals surface area contributed by atoms with Crippen LogP contribution in [0.2, 0.25) is 0 Å². The predicted octanol–water partition coefficient (Wildman–Crippen LogP) is 3.65. The summed E-state index contributed by atoms with van der Waals surface area (Å²) in [7, 11) is 0. The van der Waals surface area contributed by atoms with Gasteiger partial charge in [-0.3, -0.25) is 0 Å². The number of hydrogen-bond acceptors (Lipinski definition) is 3. The lowest BCUT2D eigenvalue weighted by Gasteiger charge is -2.10. The van der Waals surface area contributed by atoms with Crippen molar-refractivity contribution in [1.29, 1.82) is 5.26 Å². The Morgan fingerprint density at radius 3 is 2.84 bits per heavy atom. The van der Waals surface area contributed by atoms with Crippen LogP contribution < -0.4 is 11.1 Å². The summed E-state index contributed by atoms with van der Waals surface area (Å²) in [6.45, 7) is 0.512. The maximum atomic E-state index is 13.2. The fraction of sp³-hybridized carbons (Fsp3) is 0.0714. The summed E-state index contributed by atoms with van der Waals surface area (Å²) >= 11 is 3.12. The highest BCUT2D eigenvalue weighted by Gasteiger charge is 2.05. The van der Waals surface area contributed by atoms with Gasteiger partial charge in [0.2, 0.25) is 0 Å². The Labute approximate surface area is 119 Å². The van der Waals surface area contributed by atoms with E-state index in [9.17, 15) is 4.39 Å². The number of nitrogens with zero attached hydrogens (tertiary/aromatic N) is 1. The predicted molar refractivity (Wildman–Crippen MR) is 77.0 cm³/mol. The number of rotatable bonds is 3. The van der Waals surface area contributed by atoms with Gasteiger partial charge in [0.25, 0.3) is 0 Å². The van der Waals surface area contributed by atoms with Gasteiger partial charge < -0.3 is 11.1 Å². The summed E-state index contributed by atoms with van der Waals surface area (Å²) < 4.78 is 13.6. The Bertz CT molecular complexity index is 650. The largest absolute Gasteiger partial charge is 0.397 e. The fourth-order valence-corrected chi connectivity index (χ4v) is 2.01. The van der Waals surface area contributed by atoms with Crippen LogP contribution in [0, 0.1) is 17.1 Å². The first-order valence-corrected chi connectivity index (χ1v) is 6.37. The molecule has 2 aromatic carbocycles. The number of anilines is 2. The van der Waals surface area contributed by atoms with Gasteiger partial charge in [-0.1, -0.05) is 12.1 Å². The monoisotopic (exact) mass is 319 g/mol. The van der Waals surface area contributed by atoms with Crippen LogP contribution in [0.25, 0.3) is 0 Å². The normalized spacial score (nSPS) is 9.95. The molecule has 5 heteroatoms. The number of benzene rings is 2. The van der Waals surface area contributed by atoms with Crippen molar-refractivity contribution in [2.45, 2.75) is 6.54 Å². The van der Waals surface area contributed by atoms with E-state index in [0.29, 0.717) is 28.0 Å². The third-order valence-corrected chi connectivity index (χ3v) is 3.24. The highest BCUT2D eigenvalue weighted by atomic mass is 79.9. The molecule has 0 atom stereocenters. The van der Waals surface area contributed by atoms with Gasteiger partial charge in [-0.15, -0.1) is 0 Å². The van der Waals surface area contributed by atoms with Crippen LogP contribution in [-0.4, -0.2) is 0 Å². The molecule has 19 heavy (non-hydrogen) atoms. The number of nitriles is 1. The smallest absolute Gasteiger partial charge is 0.139 e. The van der Waals surface area contributed by atoms with Crippen LogP contribution in [0.5, 0.6) is 0 Å². The summed E-state index contributed by atoms with van der Waals surface area (Å²) in [5, 5.41) is 11.9.